The van der Waals surface area contributed by atoms with Gasteiger partial charge in [-0.3, -0.25) is 9.52 Å². The minimum atomic E-state index is -3.89. The summed E-state index contributed by atoms with van der Waals surface area (Å²) in [6.45, 7) is 6.87. The Kier molecular flexibility index (Phi) is 7.39. The van der Waals surface area contributed by atoms with E-state index in [0.29, 0.717) is 11.3 Å². The number of rotatable bonds is 8. The molecule has 0 saturated heterocycles. The molecule has 0 bridgehead atoms. The molecule has 0 aliphatic carbocycles. The lowest BCUT2D eigenvalue weighted by molar-refractivity contribution is -0.124. The smallest absolute Gasteiger partial charge is 0.338 e. The van der Waals surface area contributed by atoms with E-state index in [1.807, 2.05) is 26.8 Å². The number of hydrogen-bond acceptors (Lipinski definition) is 5. The minimum absolute atomic E-state index is 0.0240. The molecule has 0 unspecified atom stereocenters. The van der Waals surface area contributed by atoms with Crippen LogP contribution in [0.5, 0.6) is 0 Å². The molecule has 0 heterocycles. The van der Waals surface area contributed by atoms with Gasteiger partial charge in [0.1, 0.15) is 0 Å². The van der Waals surface area contributed by atoms with Crippen LogP contribution in [0.1, 0.15) is 41.8 Å². The van der Waals surface area contributed by atoms with E-state index in [2.05, 4.69) is 10.0 Å². The Balaban J connectivity index is 2.16. The Morgan fingerprint density at radius 3 is 2.48 bits per heavy atom. The van der Waals surface area contributed by atoms with Crippen molar-refractivity contribution in [1.29, 1.82) is 0 Å². The number of sulfonamides is 1. The van der Waals surface area contributed by atoms with Crippen LogP contribution in [0.3, 0.4) is 0 Å². The van der Waals surface area contributed by atoms with Crippen LogP contribution < -0.4 is 10.0 Å². The van der Waals surface area contributed by atoms with Crippen LogP contribution in [-0.4, -0.2) is 32.9 Å². The molecule has 0 aliphatic heterocycles. The molecule has 0 spiro atoms. The lowest BCUT2D eigenvalue weighted by Crippen LogP contribution is -2.35. The Morgan fingerprint density at radius 2 is 1.83 bits per heavy atom. The first kappa shape index (κ1) is 22.4. The van der Waals surface area contributed by atoms with Crippen LogP contribution >= 0.6 is 0 Å². The van der Waals surface area contributed by atoms with E-state index in [4.69, 9.17) is 4.74 Å². The number of aryl methyl sites for hydroxylation is 2. The van der Waals surface area contributed by atoms with Crippen LogP contribution in [0.15, 0.2) is 47.4 Å². The molecule has 7 nitrogen and oxygen atoms in total. The quantitative estimate of drug-likeness (QED) is 0.641. The third kappa shape index (κ3) is 6.32. The average Bonchev–Trinajstić information content (AvgIpc) is 2.65. The van der Waals surface area contributed by atoms with Crippen molar-refractivity contribution in [2.75, 3.05) is 11.3 Å². The number of amides is 1. The zero-order valence-corrected chi connectivity index (χ0v) is 17.8. The molecule has 0 radical (unpaired) electrons. The van der Waals surface area contributed by atoms with E-state index in [9.17, 15) is 18.0 Å². The zero-order chi connectivity index (χ0) is 21.6. The van der Waals surface area contributed by atoms with Crippen LogP contribution in [0.2, 0.25) is 0 Å². The Morgan fingerprint density at radius 1 is 1.10 bits per heavy atom. The molecule has 1 atom stereocenters. The van der Waals surface area contributed by atoms with Crippen LogP contribution in [0, 0.1) is 13.8 Å². The van der Waals surface area contributed by atoms with E-state index in [1.54, 1.807) is 25.1 Å². The number of anilines is 1. The Bertz CT molecular complexity index is 1000. The van der Waals surface area contributed by atoms with Crippen molar-refractivity contribution in [2.24, 2.45) is 0 Å². The first-order valence-corrected chi connectivity index (χ1v) is 10.8. The number of nitrogens with one attached hydrogen (secondary N) is 2. The Labute approximate surface area is 171 Å². The largest absolute Gasteiger partial charge is 0.452 e. The number of esters is 1. The first-order chi connectivity index (χ1) is 13.6. The molecule has 8 heteroatoms. The van der Waals surface area contributed by atoms with E-state index in [0.717, 1.165) is 12.0 Å². The van der Waals surface area contributed by atoms with Crippen molar-refractivity contribution in [3.8, 4) is 0 Å². The van der Waals surface area contributed by atoms with Crippen molar-refractivity contribution < 1.29 is 22.7 Å². The highest BCUT2D eigenvalue weighted by Crippen LogP contribution is 2.20. The summed E-state index contributed by atoms with van der Waals surface area (Å²) in [5.74, 6) is -1.16. The average molecular weight is 419 g/mol. The van der Waals surface area contributed by atoms with Gasteiger partial charge in [-0.25, -0.2) is 13.2 Å². The number of carbonyl (C=O) groups is 2. The monoisotopic (exact) mass is 418 g/mol. The second-order valence-corrected chi connectivity index (χ2v) is 8.59. The maximum Gasteiger partial charge on any atom is 0.338 e. The molecule has 2 N–H and O–H groups in total. The van der Waals surface area contributed by atoms with Gasteiger partial charge < -0.3 is 10.1 Å². The second-order valence-electron chi connectivity index (χ2n) is 6.90. The summed E-state index contributed by atoms with van der Waals surface area (Å²) in [5.41, 5.74) is 1.98. The molecule has 2 aromatic rings. The summed E-state index contributed by atoms with van der Waals surface area (Å²) in [5, 5.41) is 2.70. The van der Waals surface area contributed by atoms with Crippen molar-refractivity contribution >= 4 is 27.6 Å². The third-order valence-electron chi connectivity index (χ3n) is 4.36. The van der Waals surface area contributed by atoms with Gasteiger partial charge in [-0.2, -0.15) is 0 Å². The predicted octanol–water partition coefficient (Wildman–Crippen LogP) is 3.18. The first-order valence-electron chi connectivity index (χ1n) is 9.29. The van der Waals surface area contributed by atoms with Gasteiger partial charge in [0.2, 0.25) is 0 Å². The molecular formula is C21H26N2O5S. The zero-order valence-electron chi connectivity index (χ0n) is 17.0. The van der Waals surface area contributed by atoms with Gasteiger partial charge in [0.25, 0.3) is 15.9 Å². The summed E-state index contributed by atoms with van der Waals surface area (Å²) in [7, 11) is -3.89. The molecule has 0 aromatic heterocycles. The topological polar surface area (TPSA) is 102 Å². The lowest BCUT2D eigenvalue weighted by atomic mass is 10.1. The van der Waals surface area contributed by atoms with E-state index < -0.39 is 28.5 Å². The van der Waals surface area contributed by atoms with Crippen LogP contribution in [0.4, 0.5) is 5.69 Å². The highest BCUT2D eigenvalue weighted by Gasteiger charge is 2.20. The van der Waals surface area contributed by atoms with Crippen molar-refractivity contribution in [1.82, 2.24) is 5.32 Å². The number of carbonyl (C=O) groups excluding carboxylic acids is 2. The number of benzene rings is 2. The second kappa shape index (κ2) is 9.56. The molecule has 156 valence electrons. The molecular weight excluding hydrogens is 392 g/mol. The third-order valence-corrected chi connectivity index (χ3v) is 5.74. The summed E-state index contributed by atoms with van der Waals surface area (Å²) >= 11 is 0. The summed E-state index contributed by atoms with van der Waals surface area (Å²) in [6, 6.07) is 11.1. The predicted molar refractivity (Wildman–Crippen MR) is 111 cm³/mol. The highest BCUT2D eigenvalue weighted by molar-refractivity contribution is 7.92. The van der Waals surface area contributed by atoms with Gasteiger partial charge >= 0.3 is 5.97 Å². The molecule has 2 rings (SSSR count). The maximum atomic E-state index is 12.7. The van der Waals surface area contributed by atoms with E-state index in [-0.39, 0.29) is 16.5 Å². The normalized spacial score (nSPS) is 12.1. The lowest BCUT2D eigenvalue weighted by Gasteiger charge is -2.13. The molecule has 0 aliphatic rings. The fourth-order valence-corrected chi connectivity index (χ4v) is 3.61. The van der Waals surface area contributed by atoms with E-state index in [1.165, 1.54) is 18.2 Å². The van der Waals surface area contributed by atoms with Crippen LogP contribution in [-0.2, 0) is 19.6 Å². The molecule has 29 heavy (non-hydrogen) atoms. The standard InChI is InChI=1S/C21H26N2O5S/c1-5-16(4)22-20(24)13-28-21(25)19-12-18(10-9-15(19)3)29(26,27)23-17-8-6-7-14(2)11-17/h6-12,16,23H,5,13H2,1-4H3,(H,22,24)/t16-/m0/s1. The van der Waals surface area contributed by atoms with Gasteiger partial charge in [-0.15, -0.1) is 0 Å². The van der Waals surface area contributed by atoms with Gasteiger partial charge in [0.05, 0.1) is 10.5 Å². The molecule has 2 aromatic carbocycles. The minimum Gasteiger partial charge on any atom is -0.452 e. The SMILES string of the molecule is CC[C@H](C)NC(=O)COC(=O)c1cc(S(=O)(=O)Nc2cccc(C)c2)ccc1C. The summed E-state index contributed by atoms with van der Waals surface area (Å²) < 4.78 is 32.9. The maximum absolute atomic E-state index is 12.7. The van der Waals surface area contributed by atoms with Gasteiger partial charge in [0.15, 0.2) is 6.61 Å². The van der Waals surface area contributed by atoms with E-state index >= 15 is 0 Å². The highest BCUT2D eigenvalue weighted by atomic mass is 32.2. The fourth-order valence-electron chi connectivity index (χ4n) is 2.54. The summed E-state index contributed by atoms with van der Waals surface area (Å²) in [6.07, 6.45) is 0.757. The van der Waals surface area contributed by atoms with Gasteiger partial charge in [-0.05, 0) is 62.6 Å². The number of ether oxygens (including phenoxy) is 1. The summed E-state index contributed by atoms with van der Waals surface area (Å²) in [4.78, 5) is 24.1. The van der Waals surface area contributed by atoms with Crippen molar-refractivity contribution in [2.45, 2.75) is 45.1 Å². The molecule has 0 fully saturated rings. The molecule has 1 amide bonds. The fraction of sp³-hybridized carbons (Fsp3) is 0.333. The van der Waals surface area contributed by atoms with Gasteiger partial charge in [-0.1, -0.05) is 25.1 Å². The Hall–Kier alpha value is -2.87. The van der Waals surface area contributed by atoms with Crippen LogP contribution in [0.25, 0.3) is 0 Å². The number of hydrogen-bond donors (Lipinski definition) is 2. The van der Waals surface area contributed by atoms with Crippen molar-refractivity contribution in [3.05, 3.63) is 59.2 Å². The van der Waals surface area contributed by atoms with Gasteiger partial charge in [0, 0.05) is 11.7 Å². The molecule has 0 saturated carbocycles. The van der Waals surface area contributed by atoms with Crippen molar-refractivity contribution in [3.63, 3.8) is 0 Å².